The monoisotopic (exact) mass is 316 g/mol. The molecule has 2 aliphatic heterocycles. The molecule has 2 unspecified atom stereocenters. The van der Waals surface area contributed by atoms with Crippen LogP contribution in [0.5, 0.6) is 0 Å². The second kappa shape index (κ2) is 5.42. The summed E-state index contributed by atoms with van der Waals surface area (Å²) >= 11 is 2.20. The molecule has 0 aromatic heterocycles. The summed E-state index contributed by atoms with van der Waals surface area (Å²) in [4.78, 5) is 0. The van der Waals surface area contributed by atoms with E-state index in [9.17, 15) is 0 Å². The van der Waals surface area contributed by atoms with Gasteiger partial charge in [-0.05, 0) is 58.0 Å². The van der Waals surface area contributed by atoms with Crippen molar-refractivity contribution >= 4 is 38.9 Å². The minimum atomic E-state index is 0.739. The zero-order valence-electron chi connectivity index (χ0n) is 13.2. The van der Waals surface area contributed by atoms with E-state index in [1.54, 1.807) is 5.57 Å². The molecule has 2 bridgehead atoms. The minimum Gasteiger partial charge on any atom is -0.151 e. The summed E-state index contributed by atoms with van der Waals surface area (Å²) in [6.45, 7) is 0. The molecule has 1 fully saturated rings. The molecule has 0 spiro atoms. The SMILES string of the molecule is C1=C(c2cc3ccccc3c3ccccc23)CC2CCCC1S2. The van der Waals surface area contributed by atoms with E-state index in [0.29, 0.717) is 0 Å². The molecule has 0 saturated carbocycles. The molecule has 3 aromatic carbocycles. The lowest BCUT2D eigenvalue weighted by Crippen LogP contribution is -2.21. The first-order chi connectivity index (χ1) is 11.4. The van der Waals surface area contributed by atoms with Gasteiger partial charge in [-0.2, -0.15) is 11.8 Å². The first kappa shape index (κ1) is 13.7. The van der Waals surface area contributed by atoms with Gasteiger partial charge >= 0.3 is 0 Å². The van der Waals surface area contributed by atoms with Crippen molar-refractivity contribution in [1.82, 2.24) is 0 Å². The van der Waals surface area contributed by atoms with Crippen LogP contribution < -0.4 is 0 Å². The molecule has 0 aliphatic carbocycles. The number of allylic oxidation sites excluding steroid dienone is 1. The Hall–Kier alpha value is -1.73. The minimum absolute atomic E-state index is 0.739. The third kappa shape index (κ3) is 2.30. The third-order valence-corrected chi connectivity index (χ3v) is 6.84. The van der Waals surface area contributed by atoms with Crippen molar-refractivity contribution in [1.29, 1.82) is 0 Å². The fourth-order valence-electron chi connectivity index (χ4n) is 4.26. The second-order valence-corrected chi connectivity index (χ2v) is 8.36. The molecule has 1 heteroatoms. The van der Waals surface area contributed by atoms with Crippen LogP contribution in [0.2, 0.25) is 0 Å². The Kier molecular flexibility index (Phi) is 3.22. The molecule has 2 heterocycles. The fourth-order valence-corrected chi connectivity index (χ4v) is 5.88. The predicted molar refractivity (Wildman–Crippen MR) is 103 cm³/mol. The van der Waals surface area contributed by atoms with Gasteiger partial charge in [0, 0.05) is 10.5 Å². The molecule has 1 saturated heterocycles. The van der Waals surface area contributed by atoms with Crippen LogP contribution in [0.25, 0.3) is 27.1 Å². The third-order valence-electron chi connectivity index (χ3n) is 5.33. The van der Waals surface area contributed by atoms with Crippen molar-refractivity contribution < 1.29 is 0 Å². The van der Waals surface area contributed by atoms with Crippen LogP contribution >= 0.6 is 11.8 Å². The van der Waals surface area contributed by atoms with Gasteiger partial charge in [0.1, 0.15) is 0 Å². The average molecular weight is 316 g/mol. The van der Waals surface area contributed by atoms with Crippen LogP contribution in [0.15, 0.2) is 60.7 Å². The maximum absolute atomic E-state index is 2.57. The molecule has 0 amide bonds. The van der Waals surface area contributed by atoms with Crippen LogP contribution in [0.1, 0.15) is 31.2 Å². The molecule has 0 nitrogen and oxygen atoms in total. The summed E-state index contributed by atoms with van der Waals surface area (Å²) < 4.78 is 0. The Balaban J connectivity index is 1.78. The van der Waals surface area contributed by atoms with Crippen molar-refractivity contribution in [3.63, 3.8) is 0 Å². The molecule has 114 valence electrons. The summed E-state index contributed by atoms with van der Waals surface area (Å²) in [6.07, 6.45) is 7.96. The van der Waals surface area contributed by atoms with Crippen molar-refractivity contribution in [2.75, 3.05) is 0 Å². The Morgan fingerprint density at radius 2 is 1.61 bits per heavy atom. The second-order valence-electron chi connectivity index (χ2n) is 6.81. The quantitative estimate of drug-likeness (QED) is 0.466. The van der Waals surface area contributed by atoms with E-state index in [1.165, 1.54) is 52.8 Å². The maximum Gasteiger partial charge on any atom is 0.0235 e. The number of hydrogen-bond donors (Lipinski definition) is 0. The lowest BCUT2D eigenvalue weighted by atomic mass is 9.88. The van der Waals surface area contributed by atoms with Crippen molar-refractivity contribution in [3.8, 4) is 0 Å². The van der Waals surface area contributed by atoms with Crippen LogP contribution in [0.4, 0.5) is 0 Å². The van der Waals surface area contributed by atoms with E-state index in [4.69, 9.17) is 0 Å². The number of fused-ring (bicyclic) bond motifs is 5. The summed E-state index contributed by atoms with van der Waals surface area (Å²) in [5.41, 5.74) is 3.05. The molecule has 5 rings (SSSR count). The van der Waals surface area contributed by atoms with E-state index >= 15 is 0 Å². The van der Waals surface area contributed by atoms with Gasteiger partial charge in [-0.25, -0.2) is 0 Å². The number of hydrogen-bond acceptors (Lipinski definition) is 1. The highest BCUT2D eigenvalue weighted by atomic mass is 32.2. The summed E-state index contributed by atoms with van der Waals surface area (Å²) in [5.74, 6) is 0. The lowest BCUT2D eigenvalue weighted by Gasteiger charge is -2.33. The summed E-state index contributed by atoms with van der Waals surface area (Å²) in [6, 6.07) is 20.2. The normalized spacial score (nSPS) is 23.9. The van der Waals surface area contributed by atoms with Crippen molar-refractivity contribution in [2.24, 2.45) is 0 Å². The Labute approximate surface area is 141 Å². The smallest absolute Gasteiger partial charge is 0.0235 e. The Bertz CT molecular complexity index is 922. The van der Waals surface area contributed by atoms with Gasteiger partial charge in [0.15, 0.2) is 0 Å². The summed E-state index contributed by atoms with van der Waals surface area (Å²) in [7, 11) is 0. The standard InChI is InChI=1S/C22H20S/c1-2-9-19-15(6-1)14-22(21-11-4-3-10-20(19)21)16-12-17-7-5-8-18(13-16)23-17/h1-4,6,9-12,14,17-18H,5,7-8,13H2. The highest BCUT2D eigenvalue weighted by molar-refractivity contribution is 8.00. The average Bonchev–Trinajstić information content (AvgIpc) is 2.61. The Morgan fingerprint density at radius 1 is 0.826 bits per heavy atom. The van der Waals surface area contributed by atoms with E-state index in [0.717, 1.165) is 10.5 Å². The maximum atomic E-state index is 2.57. The molecule has 23 heavy (non-hydrogen) atoms. The van der Waals surface area contributed by atoms with E-state index in [2.05, 4.69) is 72.4 Å². The molecule has 2 atom stereocenters. The highest BCUT2D eigenvalue weighted by Crippen LogP contribution is 2.45. The van der Waals surface area contributed by atoms with E-state index in [-0.39, 0.29) is 0 Å². The van der Waals surface area contributed by atoms with Gasteiger partial charge in [-0.3, -0.25) is 0 Å². The van der Waals surface area contributed by atoms with Crippen LogP contribution in [-0.4, -0.2) is 10.5 Å². The topological polar surface area (TPSA) is 0 Å². The lowest BCUT2D eigenvalue weighted by molar-refractivity contribution is 0.630. The molecular weight excluding hydrogens is 296 g/mol. The molecule has 2 aliphatic rings. The number of rotatable bonds is 1. The van der Waals surface area contributed by atoms with E-state index < -0.39 is 0 Å². The van der Waals surface area contributed by atoms with Crippen LogP contribution in [-0.2, 0) is 0 Å². The number of thioether (sulfide) groups is 1. The largest absolute Gasteiger partial charge is 0.151 e. The van der Waals surface area contributed by atoms with Gasteiger partial charge in [0.2, 0.25) is 0 Å². The molecule has 0 radical (unpaired) electrons. The predicted octanol–water partition coefficient (Wildman–Crippen LogP) is 6.43. The zero-order valence-corrected chi connectivity index (χ0v) is 14.0. The van der Waals surface area contributed by atoms with Crippen molar-refractivity contribution in [2.45, 2.75) is 36.2 Å². The van der Waals surface area contributed by atoms with Crippen LogP contribution in [0, 0.1) is 0 Å². The molecular formula is C22H20S. The van der Waals surface area contributed by atoms with Gasteiger partial charge in [0.05, 0.1) is 0 Å². The molecule has 0 N–H and O–H groups in total. The fraction of sp³-hybridized carbons (Fsp3) is 0.273. The van der Waals surface area contributed by atoms with Gasteiger partial charge < -0.3 is 0 Å². The Morgan fingerprint density at radius 3 is 2.48 bits per heavy atom. The molecule has 3 aromatic rings. The first-order valence-electron chi connectivity index (χ1n) is 8.65. The summed E-state index contributed by atoms with van der Waals surface area (Å²) in [5, 5.41) is 7.12. The first-order valence-corrected chi connectivity index (χ1v) is 9.60. The van der Waals surface area contributed by atoms with E-state index in [1.807, 2.05) is 0 Å². The number of benzene rings is 3. The van der Waals surface area contributed by atoms with Gasteiger partial charge in [-0.1, -0.05) is 61.0 Å². The highest BCUT2D eigenvalue weighted by Gasteiger charge is 2.28. The van der Waals surface area contributed by atoms with Crippen molar-refractivity contribution in [3.05, 3.63) is 66.2 Å². The zero-order chi connectivity index (χ0) is 15.2. The van der Waals surface area contributed by atoms with Gasteiger partial charge in [0.25, 0.3) is 0 Å². The van der Waals surface area contributed by atoms with Gasteiger partial charge in [-0.15, -0.1) is 0 Å². The van der Waals surface area contributed by atoms with Crippen LogP contribution in [0.3, 0.4) is 0 Å².